The van der Waals surface area contributed by atoms with Crippen molar-refractivity contribution in [2.24, 2.45) is 0 Å². The number of unbranched alkanes of at least 4 members (excludes halogenated alkanes) is 1. The van der Waals surface area contributed by atoms with E-state index in [1.54, 1.807) is 17.0 Å². The highest BCUT2D eigenvalue weighted by Crippen LogP contribution is 2.38. The quantitative estimate of drug-likeness (QED) is 0.474. The van der Waals surface area contributed by atoms with Gasteiger partial charge in [0.05, 0.1) is 36.8 Å². The summed E-state index contributed by atoms with van der Waals surface area (Å²) >= 11 is 0. The highest BCUT2D eigenvalue weighted by Gasteiger charge is 2.42. The zero-order valence-corrected chi connectivity index (χ0v) is 19.5. The molecule has 1 amide bonds. The van der Waals surface area contributed by atoms with Gasteiger partial charge in [0.1, 0.15) is 11.3 Å². The van der Waals surface area contributed by atoms with Gasteiger partial charge in [0.25, 0.3) is 5.91 Å². The van der Waals surface area contributed by atoms with Crippen molar-refractivity contribution >= 4 is 16.9 Å². The normalized spacial score (nSPS) is 18.4. The standard InChI is InChI=1S/C27H30N2O5/c1-2-3-16-33-20-10-8-19(9-11-20)24-23-25(30)21-6-4-5-7-22(21)34-26(23)27(31)29(24)13-12-28-14-17-32-18-15-28/h4-11,24H,2-3,12-18H2,1H3. The third kappa shape index (κ3) is 4.33. The number of carbonyl (C=O) groups excluding carboxylic acids is 1. The summed E-state index contributed by atoms with van der Waals surface area (Å²) in [5.74, 6) is 0.700. The van der Waals surface area contributed by atoms with Crippen LogP contribution in [0.1, 0.15) is 47.5 Å². The Bertz CT molecular complexity index is 1210. The van der Waals surface area contributed by atoms with Crippen molar-refractivity contribution in [1.82, 2.24) is 9.80 Å². The number of carbonyl (C=O) groups is 1. The maximum absolute atomic E-state index is 13.6. The summed E-state index contributed by atoms with van der Waals surface area (Å²) < 4.78 is 17.3. The van der Waals surface area contributed by atoms with Crippen LogP contribution in [-0.4, -0.2) is 61.7 Å². The van der Waals surface area contributed by atoms with Gasteiger partial charge >= 0.3 is 0 Å². The maximum Gasteiger partial charge on any atom is 0.290 e. The van der Waals surface area contributed by atoms with Crippen molar-refractivity contribution in [2.45, 2.75) is 25.8 Å². The van der Waals surface area contributed by atoms with Crippen molar-refractivity contribution < 1.29 is 18.7 Å². The first kappa shape index (κ1) is 22.6. The Morgan fingerprint density at radius 3 is 2.53 bits per heavy atom. The first-order valence-corrected chi connectivity index (χ1v) is 12.1. The van der Waals surface area contributed by atoms with Crippen LogP contribution in [-0.2, 0) is 4.74 Å². The van der Waals surface area contributed by atoms with Gasteiger partial charge in [0.15, 0.2) is 5.43 Å². The molecule has 3 aromatic rings. The molecule has 7 heteroatoms. The molecule has 1 aromatic heterocycles. The minimum Gasteiger partial charge on any atom is -0.494 e. The maximum atomic E-state index is 13.6. The second kappa shape index (κ2) is 9.99. The predicted molar refractivity (Wildman–Crippen MR) is 129 cm³/mol. The lowest BCUT2D eigenvalue weighted by Gasteiger charge is -2.31. The van der Waals surface area contributed by atoms with E-state index < -0.39 is 6.04 Å². The Balaban J connectivity index is 1.51. The fourth-order valence-corrected chi connectivity index (χ4v) is 4.70. The average molecular weight is 463 g/mol. The zero-order valence-electron chi connectivity index (χ0n) is 19.5. The molecule has 5 rings (SSSR count). The van der Waals surface area contributed by atoms with Crippen LogP contribution in [0.3, 0.4) is 0 Å². The summed E-state index contributed by atoms with van der Waals surface area (Å²) in [4.78, 5) is 31.1. The van der Waals surface area contributed by atoms with Crippen LogP contribution in [0.25, 0.3) is 11.0 Å². The second-order valence-corrected chi connectivity index (χ2v) is 8.80. The SMILES string of the molecule is CCCCOc1ccc(C2c3c(oc4ccccc4c3=O)C(=O)N2CCN2CCOCC2)cc1. The molecule has 1 atom stereocenters. The molecular formula is C27H30N2O5. The Kier molecular flexibility index (Phi) is 6.65. The molecule has 1 unspecified atom stereocenters. The molecule has 3 heterocycles. The minimum absolute atomic E-state index is 0.146. The first-order chi connectivity index (χ1) is 16.7. The Morgan fingerprint density at radius 2 is 1.76 bits per heavy atom. The van der Waals surface area contributed by atoms with Crippen molar-refractivity contribution in [3.63, 3.8) is 0 Å². The third-order valence-electron chi connectivity index (χ3n) is 6.60. The first-order valence-electron chi connectivity index (χ1n) is 12.1. The summed E-state index contributed by atoms with van der Waals surface area (Å²) in [6.07, 6.45) is 2.07. The highest BCUT2D eigenvalue weighted by molar-refractivity contribution is 5.99. The monoisotopic (exact) mass is 462 g/mol. The topological polar surface area (TPSA) is 72.2 Å². The number of amides is 1. The lowest BCUT2D eigenvalue weighted by atomic mass is 9.98. The van der Waals surface area contributed by atoms with Crippen molar-refractivity contribution in [3.8, 4) is 5.75 Å². The van der Waals surface area contributed by atoms with Gasteiger partial charge in [-0.1, -0.05) is 37.6 Å². The van der Waals surface area contributed by atoms with Gasteiger partial charge < -0.3 is 18.8 Å². The number of fused-ring (bicyclic) bond motifs is 2. The summed E-state index contributed by atoms with van der Waals surface area (Å²) in [6, 6.07) is 14.3. The van der Waals surface area contributed by atoms with E-state index in [0.717, 1.165) is 37.2 Å². The molecule has 0 N–H and O–H groups in total. The van der Waals surface area contributed by atoms with Gasteiger partial charge in [-0.2, -0.15) is 0 Å². The number of morpholine rings is 1. The van der Waals surface area contributed by atoms with Crippen LogP contribution in [0.4, 0.5) is 0 Å². The van der Waals surface area contributed by atoms with E-state index in [1.165, 1.54) is 0 Å². The molecule has 1 saturated heterocycles. The number of hydrogen-bond acceptors (Lipinski definition) is 6. The van der Waals surface area contributed by atoms with Gasteiger partial charge in [0.2, 0.25) is 5.76 Å². The van der Waals surface area contributed by atoms with Crippen LogP contribution >= 0.6 is 0 Å². The smallest absolute Gasteiger partial charge is 0.290 e. The molecule has 0 radical (unpaired) electrons. The third-order valence-corrected chi connectivity index (χ3v) is 6.60. The van der Waals surface area contributed by atoms with Crippen molar-refractivity contribution in [2.75, 3.05) is 46.0 Å². The van der Waals surface area contributed by atoms with E-state index in [1.807, 2.05) is 36.4 Å². The molecule has 1 fully saturated rings. The molecule has 2 aromatic carbocycles. The van der Waals surface area contributed by atoms with Crippen molar-refractivity contribution in [1.29, 1.82) is 0 Å². The molecule has 0 bridgehead atoms. The van der Waals surface area contributed by atoms with Crippen LogP contribution in [0.5, 0.6) is 5.75 Å². The fourth-order valence-electron chi connectivity index (χ4n) is 4.70. The highest BCUT2D eigenvalue weighted by atomic mass is 16.5. The molecule has 7 nitrogen and oxygen atoms in total. The van der Waals surface area contributed by atoms with E-state index in [-0.39, 0.29) is 17.1 Å². The summed E-state index contributed by atoms with van der Waals surface area (Å²) in [7, 11) is 0. The number of rotatable bonds is 8. The summed E-state index contributed by atoms with van der Waals surface area (Å²) in [6.45, 7) is 7.08. The largest absolute Gasteiger partial charge is 0.494 e. The van der Waals surface area contributed by atoms with Gasteiger partial charge in [-0.15, -0.1) is 0 Å². The number of benzene rings is 2. The summed E-state index contributed by atoms with van der Waals surface area (Å²) in [5.41, 5.74) is 1.59. The van der Waals surface area contributed by atoms with Gasteiger partial charge in [0, 0.05) is 26.2 Å². The van der Waals surface area contributed by atoms with Crippen LogP contribution in [0.2, 0.25) is 0 Å². The van der Waals surface area contributed by atoms with Crippen molar-refractivity contribution in [3.05, 3.63) is 75.6 Å². The number of nitrogens with zero attached hydrogens (tertiary/aromatic N) is 2. The van der Waals surface area contributed by atoms with Gasteiger partial charge in [-0.05, 0) is 36.2 Å². The van der Waals surface area contributed by atoms with Crippen LogP contribution < -0.4 is 10.2 Å². The van der Waals surface area contributed by atoms with Gasteiger partial charge in [-0.25, -0.2) is 0 Å². The molecule has 2 aliphatic heterocycles. The minimum atomic E-state index is -0.492. The Labute approximate surface area is 198 Å². The number of hydrogen-bond donors (Lipinski definition) is 0. The molecule has 0 spiro atoms. The molecule has 2 aliphatic rings. The fraction of sp³-hybridized carbons (Fsp3) is 0.407. The van der Waals surface area contributed by atoms with Gasteiger partial charge in [-0.3, -0.25) is 14.5 Å². The average Bonchev–Trinajstić information content (AvgIpc) is 3.16. The summed E-state index contributed by atoms with van der Waals surface area (Å²) in [5, 5.41) is 0.494. The molecule has 178 valence electrons. The lowest BCUT2D eigenvalue weighted by Crippen LogP contribution is -2.42. The Morgan fingerprint density at radius 1 is 1.00 bits per heavy atom. The van der Waals surface area contributed by atoms with E-state index in [2.05, 4.69) is 11.8 Å². The molecular weight excluding hydrogens is 432 g/mol. The molecule has 34 heavy (non-hydrogen) atoms. The van der Waals surface area contributed by atoms with E-state index in [9.17, 15) is 9.59 Å². The second-order valence-electron chi connectivity index (χ2n) is 8.80. The van der Waals surface area contributed by atoms with E-state index >= 15 is 0 Å². The Hall–Kier alpha value is -3.16. The van der Waals surface area contributed by atoms with E-state index in [4.69, 9.17) is 13.9 Å². The molecule has 0 saturated carbocycles. The number of para-hydroxylation sites is 1. The lowest BCUT2D eigenvalue weighted by molar-refractivity contribution is 0.0314. The predicted octanol–water partition coefficient (Wildman–Crippen LogP) is 3.85. The van der Waals surface area contributed by atoms with E-state index in [0.29, 0.717) is 49.4 Å². The van der Waals surface area contributed by atoms with Crippen LogP contribution in [0.15, 0.2) is 57.7 Å². The molecule has 0 aliphatic carbocycles. The number of ether oxygens (including phenoxy) is 2. The van der Waals surface area contributed by atoms with Crippen LogP contribution in [0, 0.1) is 0 Å². The zero-order chi connectivity index (χ0) is 23.5.